The topological polar surface area (TPSA) is 212 Å². The SMILES string of the molecule is CC[Si](CC)(CC)O[C@H]1C[C@H]2OC[C@@]2(OC(C)=O)[C@H]2[C@H](OC(=O)c3ccccc3)[C@]3(O)C[C@H](OC(=O)[C@H](O[Si](C)(C)C(C)(C)C)[C@@H](NC(=O)c4ccccc4)c4cccnc4)C(C)=C([C@@H](OC(C)=O)C(=O)[C@]12C)C3(C)C. The van der Waals surface area contributed by atoms with E-state index in [0.29, 0.717) is 34.8 Å². The molecule has 18 heteroatoms. The molecule has 76 heavy (non-hydrogen) atoms. The van der Waals surface area contributed by atoms with Crippen molar-refractivity contribution in [2.75, 3.05) is 6.61 Å². The minimum atomic E-state index is -2.96. The van der Waals surface area contributed by atoms with Crippen molar-refractivity contribution in [1.82, 2.24) is 10.3 Å². The quantitative estimate of drug-likeness (QED) is 0.0558. The van der Waals surface area contributed by atoms with Crippen molar-refractivity contribution in [2.45, 2.75) is 186 Å². The van der Waals surface area contributed by atoms with E-state index in [1.54, 1.807) is 107 Å². The first-order valence-corrected chi connectivity index (χ1v) is 32.1. The third-order valence-corrected chi connectivity index (χ3v) is 27.0. The molecule has 0 unspecified atom stereocenters. The summed E-state index contributed by atoms with van der Waals surface area (Å²) in [5.41, 5.74) is -6.20. The first-order chi connectivity index (χ1) is 35.6. The summed E-state index contributed by atoms with van der Waals surface area (Å²) in [6.45, 7) is 25.0. The largest absolute Gasteiger partial charge is 0.456 e. The molecule has 2 saturated carbocycles. The van der Waals surface area contributed by atoms with Crippen LogP contribution in [0.1, 0.15) is 128 Å². The number of benzene rings is 2. The molecule has 7 rings (SSSR count). The second-order valence-corrected chi connectivity index (χ2v) is 32.9. The van der Waals surface area contributed by atoms with Gasteiger partial charge in [0.25, 0.3) is 5.91 Å². The number of nitrogens with zero attached hydrogens (tertiary/aromatic N) is 1. The Morgan fingerprint density at radius 1 is 0.855 bits per heavy atom. The van der Waals surface area contributed by atoms with Gasteiger partial charge in [0.15, 0.2) is 40.2 Å². The highest BCUT2D eigenvalue weighted by Crippen LogP contribution is 2.65. The highest BCUT2D eigenvalue weighted by atomic mass is 28.4. The van der Waals surface area contributed by atoms with Gasteiger partial charge in [-0.15, -0.1) is 0 Å². The number of amides is 1. The van der Waals surface area contributed by atoms with E-state index in [-0.39, 0.29) is 24.2 Å². The minimum absolute atomic E-state index is 0.0849. The molecule has 4 aliphatic rings. The average Bonchev–Trinajstić information content (AvgIpc) is 3.54. The molecule has 2 heterocycles. The lowest BCUT2D eigenvalue weighted by atomic mass is 9.44. The normalized spacial score (nSPS) is 28.9. The van der Waals surface area contributed by atoms with Gasteiger partial charge in [-0.1, -0.05) is 97.9 Å². The highest BCUT2D eigenvalue weighted by molar-refractivity contribution is 6.74. The number of rotatable bonds is 17. The maximum Gasteiger partial charge on any atom is 0.338 e. The summed E-state index contributed by atoms with van der Waals surface area (Å²) in [5.74, 6) is -5.86. The number of fused-ring (bicyclic) bond motifs is 5. The molecule has 1 saturated heterocycles. The van der Waals surface area contributed by atoms with Gasteiger partial charge in [-0.25, -0.2) is 9.59 Å². The van der Waals surface area contributed by atoms with Crippen LogP contribution >= 0.6 is 0 Å². The van der Waals surface area contributed by atoms with E-state index < -0.39 is 134 Å². The fourth-order valence-corrected chi connectivity index (χ4v) is 16.3. The van der Waals surface area contributed by atoms with Crippen LogP contribution in [0.3, 0.4) is 0 Å². The zero-order chi connectivity index (χ0) is 56.0. The number of nitrogens with one attached hydrogen (secondary N) is 1. The molecule has 1 aromatic heterocycles. The summed E-state index contributed by atoms with van der Waals surface area (Å²) in [6.07, 6.45) is -5.56. The van der Waals surface area contributed by atoms with E-state index in [0.717, 1.165) is 0 Å². The van der Waals surface area contributed by atoms with Crippen molar-refractivity contribution < 1.29 is 66.4 Å². The predicted molar refractivity (Wildman–Crippen MR) is 288 cm³/mol. The number of Topliss-reactive ketones (excluding diaryl/α,β-unsaturated/α-hetero) is 1. The first-order valence-electron chi connectivity index (χ1n) is 26.6. The molecule has 16 nitrogen and oxygen atoms in total. The molecular formula is C58H78N2O14Si2. The molecule has 2 bridgehead atoms. The number of aromatic nitrogens is 1. The molecule has 2 aromatic carbocycles. The second-order valence-electron chi connectivity index (χ2n) is 23.4. The van der Waals surface area contributed by atoms with Crippen molar-refractivity contribution in [1.29, 1.82) is 0 Å². The molecule has 11 atom stereocenters. The Balaban J connectivity index is 1.49. The molecular weight excluding hydrogens is 1000 g/mol. The lowest BCUT2D eigenvalue weighted by molar-refractivity contribution is -0.344. The summed E-state index contributed by atoms with van der Waals surface area (Å²) >= 11 is 0. The highest BCUT2D eigenvalue weighted by Gasteiger charge is 2.79. The van der Waals surface area contributed by atoms with Crippen LogP contribution in [-0.4, -0.2) is 117 Å². The summed E-state index contributed by atoms with van der Waals surface area (Å²) in [5, 5.41) is 17.0. The number of ketones is 1. The van der Waals surface area contributed by atoms with Gasteiger partial charge in [0, 0.05) is 50.1 Å². The minimum Gasteiger partial charge on any atom is -0.456 e. The number of carbonyl (C=O) groups is 6. The molecule has 3 aliphatic carbocycles. The van der Waals surface area contributed by atoms with Crippen LogP contribution in [0.5, 0.6) is 0 Å². The van der Waals surface area contributed by atoms with Crippen LogP contribution in [0.25, 0.3) is 0 Å². The van der Waals surface area contributed by atoms with E-state index in [9.17, 15) is 24.3 Å². The third kappa shape index (κ3) is 10.4. The number of carbonyl (C=O) groups excluding carboxylic acids is 6. The van der Waals surface area contributed by atoms with E-state index in [1.165, 1.54) is 20.0 Å². The third-order valence-electron chi connectivity index (χ3n) is 17.9. The van der Waals surface area contributed by atoms with Gasteiger partial charge in [-0.2, -0.15) is 0 Å². The van der Waals surface area contributed by atoms with Crippen molar-refractivity contribution in [3.63, 3.8) is 0 Å². The van der Waals surface area contributed by atoms with Gasteiger partial charge >= 0.3 is 23.9 Å². The van der Waals surface area contributed by atoms with Gasteiger partial charge in [0.1, 0.15) is 23.9 Å². The monoisotopic (exact) mass is 1080 g/mol. The van der Waals surface area contributed by atoms with Gasteiger partial charge < -0.3 is 43.0 Å². The number of aliphatic hydroxyl groups is 1. The van der Waals surface area contributed by atoms with Gasteiger partial charge in [-0.3, -0.25) is 24.2 Å². The molecule has 412 valence electrons. The van der Waals surface area contributed by atoms with Crippen molar-refractivity contribution in [3.8, 4) is 0 Å². The van der Waals surface area contributed by atoms with Gasteiger partial charge in [0.05, 0.1) is 35.6 Å². The Morgan fingerprint density at radius 3 is 1.97 bits per heavy atom. The molecule has 3 fully saturated rings. The maximum absolute atomic E-state index is 16.6. The van der Waals surface area contributed by atoms with Crippen molar-refractivity contribution in [2.24, 2.45) is 16.7 Å². The fraction of sp³-hybridized carbons (Fsp3) is 0.569. The van der Waals surface area contributed by atoms with Crippen molar-refractivity contribution in [3.05, 3.63) is 113 Å². The lowest BCUT2D eigenvalue weighted by Gasteiger charge is -2.68. The molecule has 0 radical (unpaired) electrons. The Hall–Kier alpha value is -5.38. The van der Waals surface area contributed by atoms with Gasteiger partial charge in [-0.05, 0) is 97.2 Å². The second kappa shape index (κ2) is 21.8. The number of hydrogen-bond donors (Lipinski definition) is 2. The Morgan fingerprint density at radius 2 is 1.46 bits per heavy atom. The van der Waals surface area contributed by atoms with Crippen molar-refractivity contribution >= 4 is 52.2 Å². The maximum atomic E-state index is 16.6. The van der Waals surface area contributed by atoms with E-state index in [1.807, 2.05) is 33.9 Å². The zero-order valence-corrected chi connectivity index (χ0v) is 48.6. The first kappa shape index (κ1) is 58.3. The molecule has 0 spiro atoms. The van der Waals surface area contributed by atoms with E-state index in [4.69, 9.17) is 32.5 Å². The Kier molecular flexibility index (Phi) is 16.7. The summed E-state index contributed by atoms with van der Waals surface area (Å²) < 4.78 is 46.9. The standard InChI is InChI=1S/C58H78N2O14Si2/c1-15-76(16-2,17-3)73-42-31-43-57(34-68-43,72-37(6)62)48-50(71-52(65)39-27-22-19-23-28-39)58(67)32-41(35(4)44(55(58,10)11)46(69-36(5)61)49(63)56(42,48)12)70-53(66)47(74-75(13,14)54(7,8)9)45(40-29-24-30-59-33-40)60-51(64)38-25-20-18-21-26-38/h18-30,33,41-43,45-48,50,67H,15-17,31-32,34H2,1-14H3,(H,60,64)/t41-,42-,43+,45-,46+,47+,48-,50-,56+,57-,58+/m0/s1. The van der Waals surface area contributed by atoms with Crippen LogP contribution in [-0.2, 0) is 51.7 Å². The fourth-order valence-electron chi connectivity index (χ4n) is 12.1. The molecule has 3 aromatic rings. The molecule has 1 amide bonds. The average molecular weight is 1080 g/mol. The van der Waals surface area contributed by atoms with Crippen LogP contribution in [0.15, 0.2) is 96.3 Å². The Bertz CT molecular complexity index is 2680. The van der Waals surface area contributed by atoms with E-state index in [2.05, 4.69) is 31.1 Å². The van der Waals surface area contributed by atoms with Crippen LogP contribution in [0.2, 0.25) is 36.3 Å². The molecule has 2 N–H and O–H groups in total. The Labute approximate surface area is 449 Å². The summed E-state index contributed by atoms with van der Waals surface area (Å²) in [6, 6.07) is 21.0. The number of esters is 4. The molecule has 1 aliphatic heterocycles. The smallest absolute Gasteiger partial charge is 0.338 e. The number of ether oxygens (including phenoxy) is 5. The van der Waals surface area contributed by atoms with Gasteiger partial charge in [0.2, 0.25) is 0 Å². The summed E-state index contributed by atoms with van der Waals surface area (Å²) in [4.78, 5) is 92.9. The summed E-state index contributed by atoms with van der Waals surface area (Å²) in [7, 11) is -5.62. The van der Waals surface area contributed by atoms with Crippen LogP contribution < -0.4 is 5.32 Å². The van der Waals surface area contributed by atoms with E-state index >= 15 is 9.59 Å². The zero-order valence-electron chi connectivity index (χ0n) is 46.6. The van der Waals surface area contributed by atoms with Crippen LogP contribution in [0.4, 0.5) is 0 Å². The van der Waals surface area contributed by atoms with Crippen LogP contribution in [0, 0.1) is 16.7 Å². The number of hydrogen-bond acceptors (Lipinski definition) is 15. The lowest BCUT2D eigenvalue weighted by Crippen LogP contribution is -2.82. The predicted octanol–water partition coefficient (Wildman–Crippen LogP) is 9.19. The number of pyridine rings is 1.